The molecule has 1 aliphatic heterocycles. The van der Waals surface area contributed by atoms with Gasteiger partial charge in [-0.05, 0) is 38.0 Å². The van der Waals surface area contributed by atoms with Gasteiger partial charge in [-0.1, -0.05) is 31.4 Å². The molecule has 1 spiro atoms. The van der Waals surface area contributed by atoms with Gasteiger partial charge in [0.25, 0.3) is 0 Å². The highest BCUT2D eigenvalue weighted by molar-refractivity contribution is 5.98. The molecule has 3 aliphatic rings. The SMILES string of the molecule is O=C1CN(CC2CC=CCC2)C(=O)C2(CCCCC2)N1. The summed E-state index contributed by atoms with van der Waals surface area (Å²) < 4.78 is 0. The molecule has 20 heavy (non-hydrogen) atoms. The zero-order valence-corrected chi connectivity index (χ0v) is 12.1. The van der Waals surface area contributed by atoms with Gasteiger partial charge in [0.2, 0.25) is 11.8 Å². The molecule has 2 fully saturated rings. The first-order valence-electron chi connectivity index (χ1n) is 7.95. The van der Waals surface area contributed by atoms with Crippen LogP contribution in [-0.4, -0.2) is 35.3 Å². The van der Waals surface area contributed by atoms with Crippen LogP contribution in [0.4, 0.5) is 0 Å². The highest BCUT2D eigenvalue weighted by Crippen LogP contribution is 2.32. The summed E-state index contributed by atoms with van der Waals surface area (Å²) in [5, 5.41) is 3.00. The predicted molar refractivity (Wildman–Crippen MR) is 77.0 cm³/mol. The van der Waals surface area contributed by atoms with Gasteiger partial charge in [0, 0.05) is 6.54 Å². The molecular formula is C16H24N2O2. The van der Waals surface area contributed by atoms with Gasteiger partial charge in [-0.25, -0.2) is 0 Å². The third-order valence-corrected chi connectivity index (χ3v) is 4.97. The fourth-order valence-electron chi connectivity index (χ4n) is 3.88. The molecule has 110 valence electrons. The van der Waals surface area contributed by atoms with E-state index in [-0.39, 0.29) is 18.4 Å². The fraction of sp³-hybridized carbons (Fsp3) is 0.750. The topological polar surface area (TPSA) is 49.4 Å². The van der Waals surface area contributed by atoms with Crippen molar-refractivity contribution in [1.82, 2.24) is 10.2 Å². The van der Waals surface area contributed by atoms with Gasteiger partial charge in [-0.3, -0.25) is 9.59 Å². The van der Waals surface area contributed by atoms with Crippen LogP contribution in [0.3, 0.4) is 0 Å². The van der Waals surface area contributed by atoms with Crippen LogP contribution in [0, 0.1) is 5.92 Å². The maximum absolute atomic E-state index is 12.8. The van der Waals surface area contributed by atoms with Gasteiger partial charge in [0.15, 0.2) is 0 Å². The van der Waals surface area contributed by atoms with Crippen molar-refractivity contribution in [3.8, 4) is 0 Å². The number of carbonyl (C=O) groups excluding carboxylic acids is 2. The van der Waals surface area contributed by atoms with Crippen LogP contribution < -0.4 is 5.32 Å². The van der Waals surface area contributed by atoms with Crippen molar-refractivity contribution in [2.24, 2.45) is 5.92 Å². The number of rotatable bonds is 2. The van der Waals surface area contributed by atoms with E-state index in [1.165, 1.54) is 6.42 Å². The maximum atomic E-state index is 12.8. The standard InChI is InChI=1S/C16H24N2O2/c19-14-12-18(11-13-7-3-1-4-8-13)15(20)16(17-14)9-5-2-6-10-16/h1,3,13H,2,4-12H2,(H,17,19). The van der Waals surface area contributed by atoms with Crippen LogP contribution in [0.15, 0.2) is 12.2 Å². The van der Waals surface area contributed by atoms with E-state index >= 15 is 0 Å². The Morgan fingerprint density at radius 2 is 2.00 bits per heavy atom. The van der Waals surface area contributed by atoms with Crippen LogP contribution in [0.25, 0.3) is 0 Å². The second-order valence-electron chi connectivity index (χ2n) is 6.53. The summed E-state index contributed by atoms with van der Waals surface area (Å²) in [6.07, 6.45) is 12.6. The van der Waals surface area contributed by atoms with Crippen molar-refractivity contribution in [3.63, 3.8) is 0 Å². The zero-order chi connectivity index (χ0) is 14.0. The predicted octanol–water partition coefficient (Wildman–Crippen LogP) is 2.00. The summed E-state index contributed by atoms with van der Waals surface area (Å²) in [6, 6.07) is 0. The Bertz CT molecular complexity index is 424. The molecule has 1 heterocycles. The summed E-state index contributed by atoms with van der Waals surface area (Å²) >= 11 is 0. The number of allylic oxidation sites excluding steroid dienone is 2. The van der Waals surface area contributed by atoms with E-state index in [4.69, 9.17) is 0 Å². The molecule has 4 heteroatoms. The van der Waals surface area contributed by atoms with E-state index in [1.54, 1.807) is 0 Å². The molecule has 1 atom stereocenters. The van der Waals surface area contributed by atoms with E-state index in [0.29, 0.717) is 5.92 Å². The highest BCUT2D eigenvalue weighted by atomic mass is 16.2. The Balaban J connectivity index is 1.71. The first-order chi connectivity index (χ1) is 9.70. The Labute approximate surface area is 120 Å². The second-order valence-corrected chi connectivity index (χ2v) is 6.53. The molecule has 1 N–H and O–H groups in total. The Hall–Kier alpha value is -1.32. The van der Waals surface area contributed by atoms with Crippen LogP contribution in [0.2, 0.25) is 0 Å². The maximum Gasteiger partial charge on any atom is 0.248 e. The summed E-state index contributed by atoms with van der Waals surface area (Å²) in [6.45, 7) is 0.999. The van der Waals surface area contributed by atoms with Crippen molar-refractivity contribution in [1.29, 1.82) is 0 Å². The second kappa shape index (κ2) is 5.58. The van der Waals surface area contributed by atoms with Gasteiger partial charge < -0.3 is 10.2 Å². The number of nitrogens with one attached hydrogen (secondary N) is 1. The molecule has 0 aromatic heterocycles. The van der Waals surface area contributed by atoms with Gasteiger partial charge in [0.05, 0.1) is 6.54 Å². The summed E-state index contributed by atoms with van der Waals surface area (Å²) in [4.78, 5) is 26.7. The molecular weight excluding hydrogens is 252 g/mol. The minimum absolute atomic E-state index is 0.0258. The fourth-order valence-corrected chi connectivity index (χ4v) is 3.88. The lowest BCUT2D eigenvalue weighted by Crippen LogP contribution is -2.67. The lowest BCUT2D eigenvalue weighted by molar-refractivity contribution is -0.152. The number of amides is 2. The molecule has 0 radical (unpaired) electrons. The van der Waals surface area contributed by atoms with E-state index in [1.807, 2.05) is 4.90 Å². The smallest absolute Gasteiger partial charge is 0.248 e. The number of piperazine rings is 1. The Kier molecular flexibility index (Phi) is 3.81. The third kappa shape index (κ3) is 2.60. The van der Waals surface area contributed by atoms with Crippen molar-refractivity contribution in [3.05, 3.63) is 12.2 Å². The lowest BCUT2D eigenvalue weighted by Gasteiger charge is -2.45. The first-order valence-corrected chi connectivity index (χ1v) is 7.95. The molecule has 1 saturated heterocycles. The number of carbonyl (C=O) groups is 2. The lowest BCUT2D eigenvalue weighted by atomic mass is 9.79. The quantitative estimate of drug-likeness (QED) is 0.784. The van der Waals surface area contributed by atoms with Crippen molar-refractivity contribution in [2.45, 2.75) is 56.9 Å². The van der Waals surface area contributed by atoms with Gasteiger partial charge >= 0.3 is 0 Å². The van der Waals surface area contributed by atoms with E-state index in [2.05, 4.69) is 17.5 Å². The van der Waals surface area contributed by atoms with Crippen molar-refractivity contribution in [2.75, 3.05) is 13.1 Å². The van der Waals surface area contributed by atoms with Crippen molar-refractivity contribution < 1.29 is 9.59 Å². The third-order valence-electron chi connectivity index (χ3n) is 4.97. The molecule has 0 aromatic carbocycles. The zero-order valence-electron chi connectivity index (χ0n) is 12.1. The highest BCUT2D eigenvalue weighted by Gasteiger charge is 2.47. The number of hydrogen-bond donors (Lipinski definition) is 1. The first kappa shape index (κ1) is 13.7. The van der Waals surface area contributed by atoms with E-state index < -0.39 is 5.54 Å². The number of nitrogens with zero attached hydrogens (tertiary/aromatic N) is 1. The summed E-state index contributed by atoms with van der Waals surface area (Å²) in [5.41, 5.74) is -0.571. The molecule has 3 rings (SSSR count). The largest absolute Gasteiger partial charge is 0.340 e. The van der Waals surface area contributed by atoms with Crippen LogP contribution in [-0.2, 0) is 9.59 Å². The van der Waals surface area contributed by atoms with Gasteiger partial charge in [-0.2, -0.15) is 0 Å². The van der Waals surface area contributed by atoms with Gasteiger partial charge in [-0.15, -0.1) is 0 Å². The van der Waals surface area contributed by atoms with Gasteiger partial charge in [0.1, 0.15) is 5.54 Å². The molecule has 2 aliphatic carbocycles. The molecule has 1 unspecified atom stereocenters. The molecule has 0 bridgehead atoms. The summed E-state index contributed by atoms with van der Waals surface area (Å²) in [7, 11) is 0. The molecule has 2 amide bonds. The van der Waals surface area contributed by atoms with E-state index in [9.17, 15) is 9.59 Å². The van der Waals surface area contributed by atoms with Crippen LogP contribution >= 0.6 is 0 Å². The number of hydrogen-bond acceptors (Lipinski definition) is 2. The Morgan fingerprint density at radius 1 is 1.20 bits per heavy atom. The monoisotopic (exact) mass is 276 g/mol. The minimum Gasteiger partial charge on any atom is -0.340 e. The summed E-state index contributed by atoms with van der Waals surface area (Å²) in [5.74, 6) is 0.722. The van der Waals surface area contributed by atoms with E-state index in [0.717, 1.165) is 51.5 Å². The normalized spacial score (nSPS) is 29.6. The average Bonchev–Trinajstić information content (AvgIpc) is 2.46. The molecule has 4 nitrogen and oxygen atoms in total. The molecule has 0 aromatic rings. The van der Waals surface area contributed by atoms with Crippen LogP contribution in [0.5, 0.6) is 0 Å². The molecule has 1 saturated carbocycles. The average molecular weight is 276 g/mol. The minimum atomic E-state index is -0.571. The van der Waals surface area contributed by atoms with Crippen molar-refractivity contribution >= 4 is 11.8 Å². The van der Waals surface area contributed by atoms with Crippen LogP contribution in [0.1, 0.15) is 51.4 Å². The Morgan fingerprint density at radius 3 is 2.70 bits per heavy atom.